The minimum Gasteiger partial charge on any atom is -0.355 e. The molecule has 3 fully saturated rings. The van der Waals surface area contributed by atoms with Crippen LogP contribution in [-0.2, 0) is 9.59 Å². The third-order valence-electron chi connectivity index (χ3n) is 6.62. The van der Waals surface area contributed by atoms with Crippen LogP contribution in [0.5, 0.6) is 0 Å². The molecule has 0 aliphatic carbocycles. The summed E-state index contributed by atoms with van der Waals surface area (Å²) >= 11 is 13.0. The molecule has 35 heavy (non-hydrogen) atoms. The van der Waals surface area contributed by atoms with Gasteiger partial charge in [0.15, 0.2) is 0 Å². The monoisotopic (exact) mass is 538 g/mol. The van der Waals surface area contributed by atoms with Crippen molar-refractivity contribution in [3.8, 4) is 0 Å². The molecule has 0 aromatic heterocycles. The molecule has 4 rings (SSSR count). The van der Waals surface area contributed by atoms with E-state index in [1.165, 1.54) is 0 Å². The normalized spacial score (nSPS) is 19.5. The molecule has 0 spiro atoms. The number of hydrogen-bond acceptors (Lipinski definition) is 6. The maximum atomic E-state index is 12.9. The molecular formula is C24H28Cl2N4O4S. The summed E-state index contributed by atoms with van der Waals surface area (Å²) in [6.07, 6.45) is 4.04. The van der Waals surface area contributed by atoms with Crippen LogP contribution in [-0.4, -0.2) is 72.0 Å². The van der Waals surface area contributed by atoms with E-state index >= 15 is 0 Å². The summed E-state index contributed by atoms with van der Waals surface area (Å²) in [7, 11) is 0. The lowest BCUT2D eigenvalue weighted by molar-refractivity contribution is -0.129. The van der Waals surface area contributed by atoms with Gasteiger partial charge in [-0.3, -0.25) is 24.1 Å². The second-order valence-electron chi connectivity index (χ2n) is 8.94. The van der Waals surface area contributed by atoms with Crippen LogP contribution in [0, 0.1) is 5.92 Å². The number of imide groups is 1. The van der Waals surface area contributed by atoms with E-state index in [0.717, 1.165) is 54.6 Å². The van der Waals surface area contributed by atoms with Gasteiger partial charge in [-0.2, -0.15) is 0 Å². The fourth-order valence-corrected chi connectivity index (χ4v) is 5.92. The van der Waals surface area contributed by atoms with Gasteiger partial charge < -0.3 is 15.5 Å². The number of carbonyl (C=O) groups excluding carboxylic acids is 4. The summed E-state index contributed by atoms with van der Waals surface area (Å²) < 4.78 is 0. The minimum absolute atomic E-state index is 0.217. The number of halogens is 2. The molecule has 3 aliphatic heterocycles. The quantitative estimate of drug-likeness (QED) is 0.536. The van der Waals surface area contributed by atoms with Crippen molar-refractivity contribution in [2.45, 2.75) is 32.1 Å². The van der Waals surface area contributed by atoms with Crippen LogP contribution in [0.4, 0.5) is 4.79 Å². The van der Waals surface area contributed by atoms with Gasteiger partial charge in [0.05, 0.1) is 15.5 Å². The van der Waals surface area contributed by atoms with Crippen molar-refractivity contribution in [2.24, 2.45) is 5.92 Å². The first-order chi connectivity index (χ1) is 16.8. The Bertz CT molecular complexity index is 1050. The van der Waals surface area contributed by atoms with Crippen LogP contribution >= 0.6 is 35.0 Å². The van der Waals surface area contributed by atoms with Crippen LogP contribution in [0.15, 0.2) is 28.7 Å². The molecule has 0 saturated carbocycles. The zero-order valence-corrected chi connectivity index (χ0v) is 21.6. The maximum absolute atomic E-state index is 12.9. The molecule has 0 radical (unpaired) electrons. The number of hydrogen-bond donors (Lipinski definition) is 2. The third-order valence-corrected chi connectivity index (χ3v) is 8.25. The van der Waals surface area contributed by atoms with Crippen LogP contribution in [0.25, 0.3) is 0 Å². The van der Waals surface area contributed by atoms with Crippen molar-refractivity contribution in [3.63, 3.8) is 0 Å². The molecule has 0 bridgehead atoms. The summed E-state index contributed by atoms with van der Waals surface area (Å²) in [5.74, 6) is -0.385. The molecule has 4 amide bonds. The Morgan fingerprint density at radius 2 is 1.83 bits per heavy atom. The smallest absolute Gasteiger partial charge is 0.294 e. The number of nitrogens with one attached hydrogen (secondary N) is 2. The van der Waals surface area contributed by atoms with Gasteiger partial charge in [0, 0.05) is 24.7 Å². The number of piperidine rings is 2. The molecule has 0 atom stereocenters. The Kier molecular flexibility index (Phi) is 8.75. The van der Waals surface area contributed by atoms with Gasteiger partial charge in [0.25, 0.3) is 17.1 Å². The summed E-state index contributed by atoms with van der Waals surface area (Å²) in [5.41, 5.74) is 1.18. The Morgan fingerprint density at radius 1 is 1.11 bits per heavy atom. The molecule has 188 valence electrons. The van der Waals surface area contributed by atoms with E-state index in [4.69, 9.17) is 23.2 Å². The molecular weight excluding hydrogens is 511 g/mol. The Hall–Kier alpha value is -2.07. The molecule has 1 aromatic carbocycles. The Balaban J connectivity index is 1.30. The molecule has 3 aliphatic rings. The van der Waals surface area contributed by atoms with Crippen molar-refractivity contribution < 1.29 is 19.2 Å². The molecule has 2 N–H and O–H groups in total. The number of thioether (sulfide) groups is 1. The van der Waals surface area contributed by atoms with Gasteiger partial charge in [0.1, 0.15) is 6.54 Å². The summed E-state index contributed by atoms with van der Waals surface area (Å²) in [4.78, 5) is 53.7. The summed E-state index contributed by atoms with van der Waals surface area (Å²) in [6, 6.07) is 4.76. The van der Waals surface area contributed by atoms with Crippen molar-refractivity contribution >= 4 is 57.9 Å². The molecule has 3 saturated heterocycles. The number of benzene rings is 1. The minimum atomic E-state index is -0.435. The predicted molar refractivity (Wildman–Crippen MR) is 137 cm³/mol. The van der Waals surface area contributed by atoms with Crippen LogP contribution < -0.4 is 10.6 Å². The second kappa shape index (κ2) is 11.8. The van der Waals surface area contributed by atoms with E-state index in [1.54, 1.807) is 23.1 Å². The van der Waals surface area contributed by atoms with Crippen LogP contribution in [0.3, 0.4) is 0 Å². The van der Waals surface area contributed by atoms with E-state index < -0.39 is 11.1 Å². The predicted octanol–water partition coefficient (Wildman–Crippen LogP) is 3.68. The highest BCUT2D eigenvalue weighted by molar-refractivity contribution is 8.18. The standard InChI is InChI=1S/C24H28Cl2N4O4S/c25-17-1-2-19(26)18(13-17)22(32)29-11-6-16(7-12-29)21-23(33)30(24(34)35-21)14-20(31)28-10-5-15-3-8-27-9-4-15/h1-2,13,15,27H,3-12,14H2,(H,28,31). The van der Waals surface area contributed by atoms with E-state index in [9.17, 15) is 19.2 Å². The van der Waals surface area contributed by atoms with E-state index in [2.05, 4.69) is 10.6 Å². The lowest BCUT2D eigenvalue weighted by Gasteiger charge is -2.29. The van der Waals surface area contributed by atoms with Gasteiger partial charge in [-0.15, -0.1) is 0 Å². The van der Waals surface area contributed by atoms with E-state index in [1.807, 2.05) is 0 Å². The molecule has 11 heteroatoms. The summed E-state index contributed by atoms with van der Waals surface area (Å²) in [5, 5.41) is 6.49. The maximum Gasteiger partial charge on any atom is 0.294 e. The highest BCUT2D eigenvalue weighted by atomic mass is 35.5. The lowest BCUT2D eigenvalue weighted by Crippen LogP contribution is -2.40. The second-order valence-corrected chi connectivity index (χ2v) is 10.7. The number of carbonyl (C=O) groups is 4. The topological polar surface area (TPSA) is 98.8 Å². The van der Waals surface area contributed by atoms with Gasteiger partial charge in [0.2, 0.25) is 5.91 Å². The van der Waals surface area contributed by atoms with Crippen molar-refractivity contribution in [1.29, 1.82) is 0 Å². The Morgan fingerprint density at radius 3 is 2.54 bits per heavy atom. The largest absolute Gasteiger partial charge is 0.355 e. The fourth-order valence-electron chi connectivity index (χ4n) is 4.58. The van der Waals surface area contributed by atoms with Crippen molar-refractivity contribution in [3.05, 3.63) is 44.3 Å². The zero-order valence-electron chi connectivity index (χ0n) is 19.3. The van der Waals surface area contributed by atoms with Crippen molar-refractivity contribution in [1.82, 2.24) is 20.4 Å². The van der Waals surface area contributed by atoms with Gasteiger partial charge in [-0.05, 0) is 86.6 Å². The molecule has 0 unspecified atom stereocenters. The first kappa shape index (κ1) is 26.0. The fraction of sp³-hybridized carbons (Fsp3) is 0.500. The average molecular weight is 539 g/mol. The molecule has 1 aromatic rings. The number of nitrogens with zero attached hydrogens (tertiary/aromatic N) is 2. The number of amides is 4. The van der Waals surface area contributed by atoms with Gasteiger partial charge in [-0.1, -0.05) is 23.2 Å². The van der Waals surface area contributed by atoms with Crippen LogP contribution in [0.1, 0.15) is 42.5 Å². The Labute approximate surface area is 218 Å². The first-order valence-electron chi connectivity index (χ1n) is 11.8. The SMILES string of the molecule is O=C(CN1C(=O)SC(=C2CCN(C(=O)c3cc(Cl)ccc3Cl)CC2)C1=O)NCCC1CCNCC1. The first-order valence-corrected chi connectivity index (χ1v) is 13.4. The van der Waals surface area contributed by atoms with Gasteiger partial charge in [-0.25, -0.2) is 0 Å². The molecule has 8 nitrogen and oxygen atoms in total. The number of rotatable bonds is 6. The highest BCUT2D eigenvalue weighted by Gasteiger charge is 2.39. The highest BCUT2D eigenvalue weighted by Crippen LogP contribution is 2.36. The van der Waals surface area contributed by atoms with E-state index in [0.29, 0.717) is 58.9 Å². The number of likely N-dealkylation sites (tertiary alicyclic amines) is 1. The van der Waals surface area contributed by atoms with Crippen LogP contribution in [0.2, 0.25) is 10.0 Å². The van der Waals surface area contributed by atoms with E-state index in [-0.39, 0.29) is 18.4 Å². The average Bonchev–Trinajstić information content (AvgIpc) is 3.14. The zero-order chi connectivity index (χ0) is 24.9. The summed E-state index contributed by atoms with van der Waals surface area (Å²) in [6.45, 7) is 3.08. The van der Waals surface area contributed by atoms with Crippen molar-refractivity contribution in [2.75, 3.05) is 39.3 Å². The lowest BCUT2D eigenvalue weighted by atomic mass is 9.95. The molecule has 3 heterocycles. The third kappa shape index (κ3) is 6.39. The van der Waals surface area contributed by atoms with Gasteiger partial charge >= 0.3 is 0 Å².